The van der Waals surface area contributed by atoms with Gasteiger partial charge in [0, 0.05) is 38.9 Å². The topological polar surface area (TPSA) is 47.7 Å². The molecule has 0 saturated heterocycles. The fourth-order valence-electron chi connectivity index (χ4n) is 2.58. The first-order valence-electron chi connectivity index (χ1n) is 7.24. The Morgan fingerprint density at radius 3 is 2.57 bits per heavy atom. The fraction of sp³-hybridized carbons (Fsp3) is 0.625. The molecular formula is C16H27FN2O2. The highest BCUT2D eigenvalue weighted by molar-refractivity contribution is 5.27. The molecule has 120 valence electrons. The van der Waals surface area contributed by atoms with Crippen molar-refractivity contribution in [3.05, 3.63) is 35.1 Å². The Hall–Kier alpha value is -1.01. The minimum Gasteiger partial charge on any atom is -0.383 e. The zero-order valence-electron chi connectivity index (χ0n) is 13.4. The van der Waals surface area contributed by atoms with E-state index in [1.807, 2.05) is 13.0 Å². The summed E-state index contributed by atoms with van der Waals surface area (Å²) in [4.78, 5) is 2.14. The van der Waals surface area contributed by atoms with Crippen LogP contribution in [-0.4, -0.2) is 51.5 Å². The number of methoxy groups -OCH3 is 2. The number of nitrogens with two attached hydrogens (primary N) is 1. The average Bonchev–Trinajstić information content (AvgIpc) is 2.46. The third-order valence-corrected chi connectivity index (χ3v) is 3.66. The van der Waals surface area contributed by atoms with E-state index in [0.717, 1.165) is 5.56 Å². The summed E-state index contributed by atoms with van der Waals surface area (Å²) < 4.78 is 24.6. The molecule has 21 heavy (non-hydrogen) atoms. The maximum absolute atomic E-state index is 14.2. The van der Waals surface area contributed by atoms with Gasteiger partial charge in [0.15, 0.2) is 0 Å². The lowest BCUT2D eigenvalue weighted by Gasteiger charge is -2.36. The quantitative estimate of drug-likeness (QED) is 0.758. The van der Waals surface area contributed by atoms with Crippen molar-refractivity contribution in [1.82, 2.24) is 4.90 Å². The highest BCUT2D eigenvalue weighted by atomic mass is 19.1. The Bertz CT molecular complexity index is 429. The van der Waals surface area contributed by atoms with Gasteiger partial charge in [-0.1, -0.05) is 17.7 Å². The summed E-state index contributed by atoms with van der Waals surface area (Å²) in [5, 5.41) is 0. The number of halogens is 1. The minimum atomic E-state index is -0.219. The molecule has 5 heteroatoms. The van der Waals surface area contributed by atoms with Gasteiger partial charge in [0.25, 0.3) is 0 Å². The summed E-state index contributed by atoms with van der Waals surface area (Å²) in [6.45, 7) is 6.16. The van der Waals surface area contributed by atoms with Gasteiger partial charge in [0.05, 0.1) is 19.3 Å². The van der Waals surface area contributed by atoms with Gasteiger partial charge in [-0.2, -0.15) is 0 Å². The molecule has 1 rings (SSSR count). The van der Waals surface area contributed by atoms with Crippen molar-refractivity contribution >= 4 is 0 Å². The number of hydrogen-bond donors (Lipinski definition) is 1. The smallest absolute Gasteiger partial charge is 0.128 e. The van der Waals surface area contributed by atoms with Gasteiger partial charge in [-0.25, -0.2) is 4.39 Å². The van der Waals surface area contributed by atoms with Crippen molar-refractivity contribution in [3.63, 3.8) is 0 Å². The molecule has 0 fully saturated rings. The first-order chi connectivity index (χ1) is 10.0. The standard InChI is InChI=1S/C16H27FN2O2/c1-12-5-6-15(17)14(9-12)16(10-18)19(7-8-20-3)13(2)11-21-4/h5-6,9,13,16H,7-8,10-11,18H2,1-4H3. The molecule has 0 radical (unpaired) electrons. The van der Waals surface area contributed by atoms with Crippen molar-refractivity contribution in [2.24, 2.45) is 5.73 Å². The van der Waals surface area contributed by atoms with Crippen LogP contribution >= 0.6 is 0 Å². The van der Waals surface area contributed by atoms with E-state index in [4.69, 9.17) is 15.2 Å². The number of hydrogen-bond acceptors (Lipinski definition) is 4. The van der Waals surface area contributed by atoms with E-state index in [1.54, 1.807) is 20.3 Å². The SMILES string of the molecule is COCCN(C(C)COC)C(CN)c1cc(C)ccc1F. The van der Waals surface area contributed by atoms with Crippen LogP contribution in [0.5, 0.6) is 0 Å². The van der Waals surface area contributed by atoms with E-state index >= 15 is 0 Å². The Kier molecular flexibility index (Phi) is 7.82. The van der Waals surface area contributed by atoms with Crippen molar-refractivity contribution in [1.29, 1.82) is 0 Å². The molecule has 0 heterocycles. The van der Waals surface area contributed by atoms with Crippen LogP contribution in [0, 0.1) is 12.7 Å². The maximum atomic E-state index is 14.2. The predicted octanol–water partition coefficient (Wildman–Crippen LogP) is 2.12. The molecule has 4 nitrogen and oxygen atoms in total. The Labute approximate surface area is 127 Å². The normalized spacial score (nSPS) is 14.4. The van der Waals surface area contributed by atoms with E-state index in [0.29, 0.717) is 31.9 Å². The first kappa shape index (κ1) is 18.0. The lowest BCUT2D eigenvalue weighted by molar-refractivity contribution is 0.0477. The van der Waals surface area contributed by atoms with Crippen LogP contribution in [0.4, 0.5) is 4.39 Å². The predicted molar refractivity (Wildman–Crippen MR) is 82.9 cm³/mol. The zero-order chi connectivity index (χ0) is 15.8. The highest BCUT2D eigenvalue weighted by Crippen LogP contribution is 2.25. The number of nitrogens with zero attached hydrogens (tertiary/aromatic N) is 1. The zero-order valence-corrected chi connectivity index (χ0v) is 13.4. The van der Waals surface area contributed by atoms with Gasteiger partial charge in [-0.05, 0) is 19.9 Å². The molecule has 0 aromatic heterocycles. The molecule has 0 aliphatic carbocycles. The Morgan fingerprint density at radius 2 is 2.00 bits per heavy atom. The fourth-order valence-corrected chi connectivity index (χ4v) is 2.58. The number of ether oxygens (including phenoxy) is 2. The average molecular weight is 298 g/mol. The van der Waals surface area contributed by atoms with Crippen molar-refractivity contribution < 1.29 is 13.9 Å². The lowest BCUT2D eigenvalue weighted by atomic mass is 10.0. The molecule has 0 aliphatic rings. The summed E-state index contributed by atoms with van der Waals surface area (Å²) >= 11 is 0. The van der Waals surface area contributed by atoms with Crippen LogP contribution in [0.2, 0.25) is 0 Å². The third kappa shape index (κ3) is 5.04. The van der Waals surface area contributed by atoms with Crippen LogP contribution in [0.3, 0.4) is 0 Å². The second kappa shape index (κ2) is 9.10. The molecule has 0 saturated carbocycles. The molecule has 2 N–H and O–H groups in total. The summed E-state index contributed by atoms with van der Waals surface area (Å²) in [5.74, 6) is -0.219. The van der Waals surface area contributed by atoms with Crippen molar-refractivity contribution in [2.45, 2.75) is 25.9 Å². The number of rotatable bonds is 9. The maximum Gasteiger partial charge on any atom is 0.128 e. The van der Waals surface area contributed by atoms with E-state index in [-0.39, 0.29) is 17.9 Å². The third-order valence-electron chi connectivity index (χ3n) is 3.66. The molecule has 1 aromatic carbocycles. The summed E-state index contributed by atoms with van der Waals surface area (Å²) in [6, 6.07) is 5.07. The molecule has 1 aromatic rings. The van der Waals surface area contributed by atoms with Gasteiger partial charge in [-0.15, -0.1) is 0 Å². The second-order valence-corrected chi connectivity index (χ2v) is 5.31. The molecule has 0 spiro atoms. The molecule has 2 unspecified atom stereocenters. The van der Waals surface area contributed by atoms with Crippen molar-refractivity contribution in [2.75, 3.05) is 40.5 Å². The summed E-state index contributed by atoms with van der Waals surface area (Å²) in [7, 11) is 3.32. The van der Waals surface area contributed by atoms with Gasteiger partial charge in [-0.3, -0.25) is 4.90 Å². The first-order valence-corrected chi connectivity index (χ1v) is 7.24. The van der Waals surface area contributed by atoms with E-state index < -0.39 is 0 Å². The van der Waals surface area contributed by atoms with Crippen LogP contribution in [0.15, 0.2) is 18.2 Å². The number of benzene rings is 1. The van der Waals surface area contributed by atoms with E-state index in [2.05, 4.69) is 11.8 Å². The Balaban J connectivity index is 3.07. The number of aryl methyl sites for hydroxylation is 1. The molecule has 0 amide bonds. The van der Waals surface area contributed by atoms with Crippen LogP contribution in [-0.2, 0) is 9.47 Å². The van der Waals surface area contributed by atoms with Crippen LogP contribution in [0.1, 0.15) is 24.1 Å². The molecule has 2 atom stereocenters. The molecule has 0 bridgehead atoms. The van der Waals surface area contributed by atoms with Gasteiger partial charge >= 0.3 is 0 Å². The van der Waals surface area contributed by atoms with E-state index in [1.165, 1.54) is 6.07 Å². The minimum absolute atomic E-state index is 0.124. The summed E-state index contributed by atoms with van der Waals surface area (Å²) in [5.41, 5.74) is 7.60. The lowest BCUT2D eigenvalue weighted by Crippen LogP contribution is -2.44. The molecular weight excluding hydrogens is 271 g/mol. The second-order valence-electron chi connectivity index (χ2n) is 5.31. The van der Waals surface area contributed by atoms with E-state index in [9.17, 15) is 4.39 Å². The Morgan fingerprint density at radius 1 is 1.29 bits per heavy atom. The van der Waals surface area contributed by atoms with Crippen LogP contribution < -0.4 is 5.73 Å². The summed E-state index contributed by atoms with van der Waals surface area (Å²) in [6.07, 6.45) is 0. The molecule has 0 aliphatic heterocycles. The monoisotopic (exact) mass is 298 g/mol. The van der Waals surface area contributed by atoms with Gasteiger partial charge in [0.2, 0.25) is 0 Å². The largest absolute Gasteiger partial charge is 0.383 e. The van der Waals surface area contributed by atoms with Crippen molar-refractivity contribution in [3.8, 4) is 0 Å². The van der Waals surface area contributed by atoms with Crippen LogP contribution in [0.25, 0.3) is 0 Å². The van der Waals surface area contributed by atoms with Gasteiger partial charge in [0.1, 0.15) is 5.82 Å². The van der Waals surface area contributed by atoms with Gasteiger partial charge < -0.3 is 15.2 Å². The highest BCUT2D eigenvalue weighted by Gasteiger charge is 2.26.